The van der Waals surface area contributed by atoms with Crippen LogP contribution in [0.2, 0.25) is 0 Å². The average molecular weight is 362 g/mol. The predicted molar refractivity (Wildman–Crippen MR) is 106 cm³/mol. The first-order chi connectivity index (χ1) is 13.2. The first-order valence-electron chi connectivity index (χ1n) is 9.98. The smallest absolute Gasteiger partial charge is 0.143 e. The Hall–Kier alpha value is -2.40. The number of nitrogens with zero attached hydrogens (tertiary/aromatic N) is 3. The monoisotopic (exact) mass is 362 g/mol. The molecular formula is C22H26N4O. The Kier molecular flexibility index (Phi) is 4.12. The third-order valence-corrected chi connectivity index (χ3v) is 6.14. The van der Waals surface area contributed by atoms with E-state index < -0.39 is 0 Å². The predicted octanol–water partition coefficient (Wildman–Crippen LogP) is 3.95. The Bertz CT molecular complexity index is 980. The summed E-state index contributed by atoms with van der Waals surface area (Å²) in [5, 5.41) is 4.71. The molecule has 1 saturated carbocycles. The highest BCUT2D eigenvalue weighted by Crippen LogP contribution is 2.36. The van der Waals surface area contributed by atoms with Crippen LogP contribution in [0, 0.1) is 6.92 Å². The van der Waals surface area contributed by atoms with E-state index in [1.54, 1.807) is 6.33 Å². The lowest BCUT2D eigenvalue weighted by Crippen LogP contribution is -2.33. The molecule has 0 saturated heterocycles. The molecule has 1 fully saturated rings. The molecule has 140 valence electrons. The largest absolute Gasteiger partial charge is 0.490 e. The molecule has 2 aromatic heterocycles. The minimum absolute atomic E-state index is 0.265. The molecule has 3 aromatic rings. The lowest BCUT2D eigenvalue weighted by Gasteiger charge is -2.26. The Balaban J connectivity index is 1.35. The van der Waals surface area contributed by atoms with E-state index in [4.69, 9.17) is 4.74 Å². The first-order valence-corrected chi connectivity index (χ1v) is 9.98. The molecule has 0 radical (unpaired) electrons. The van der Waals surface area contributed by atoms with Crippen LogP contribution in [0.25, 0.3) is 11.0 Å². The fraction of sp³-hybridized carbons (Fsp3) is 0.455. The molecule has 0 amide bonds. The van der Waals surface area contributed by atoms with Crippen molar-refractivity contribution in [1.29, 1.82) is 0 Å². The Morgan fingerprint density at radius 2 is 2.11 bits per heavy atom. The summed E-state index contributed by atoms with van der Waals surface area (Å²) in [6.45, 7) is 5.19. The Morgan fingerprint density at radius 1 is 1.19 bits per heavy atom. The van der Waals surface area contributed by atoms with Gasteiger partial charge >= 0.3 is 0 Å². The normalized spacial score (nSPS) is 24.9. The van der Waals surface area contributed by atoms with Gasteiger partial charge in [-0.2, -0.15) is 0 Å². The van der Waals surface area contributed by atoms with Gasteiger partial charge in [0.1, 0.15) is 23.8 Å². The zero-order chi connectivity index (χ0) is 18.4. The number of nitrogens with one attached hydrogen (secondary N) is 1. The second kappa shape index (κ2) is 6.64. The number of hydrogen-bond donors (Lipinski definition) is 1. The molecule has 5 nitrogen and oxygen atoms in total. The van der Waals surface area contributed by atoms with Gasteiger partial charge in [-0.25, -0.2) is 9.97 Å². The van der Waals surface area contributed by atoms with Crippen LogP contribution < -0.4 is 10.1 Å². The lowest BCUT2D eigenvalue weighted by molar-refractivity contribution is 0.201. The van der Waals surface area contributed by atoms with Crippen LogP contribution in [0.15, 0.2) is 36.8 Å². The van der Waals surface area contributed by atoms with E-state index >= 15 is 0 Å². The van der Waals surface area contributed by atoms with E-state index in [1.165, 1.54) is 11.1 Å². The molecule has 3 unspecified atom stereocenters. The number of benzene rings is 1. The van der Waals surface area contributed by atoms with Gasteiger partial charge in [0.15, 0.2) is 0 Å². The summed E-state index contributed by atoms with van der Waals surface area (Å²) in [5.41, 5.74) is 4.86. The topological polar surface area (TPSA) is 52.0 Å². The third kappa shape index (κ3) is 3.00. The molecular weight excluding hydrogens is 336 g/mol. The van der Waals surface area contributed by atoms with Gasteiger partial charge in [0, 0.05) is 42.2 Å². The summed E-state index contributed by atoms with van der Waals surface area (Å²) in [5.74, 6) is 1.06. The van der Waals surface area contributed by atoms with Gasteiger partial charge in [-0.3, -0.25) is 0 Å². The van der Waals surface area contributed by atoms with Crippen molar-refractivity contribution in [2.75, 3.05) is 0 Å². The summed E-state index contributed by atoms with van der Waals surface area (Å²) in [6, 6.07) is 9.63. The van der Waals surface area contributed by atoms with Crippen molar-refractivity contribution < 1.29 is 4.74 Å². The molecule has 5 rings (SSSR count). The summed E-state index contributed by atoms with van der Waals surface area (Å²) in [4.78, 5) is 8.83. The highest BCUT2D eigenvalue weighted by molar-refractivity contribution is 5.78. The van der Waals surface area contributed by atoms with Gasteiger partial charge in [-0.05, 0) is 50.8 Å². The van der Waals surface area contributed by atoms with Gasteiger partial charge in [-0.15, -0.1) is 0 Å². The van der Waals surface area contributed by atoms with E-state index in [0.717, 1.165) is 54.7 Å². The number of fused-ring (bicyclic) bond motifs is 2. The molecule has 3 atom stereocenters. The average Bonchev–Trinajstić information content (AvgIpc) is 3.29. The molecule has 3 heterocycles. The van der Waals surface area contributed by atoms with E-state index in [2.05, 4.69) is 57.2 Å². The number of ether oxygens (including phenoxy) is 1. The van der Waals surface area contributed by atoms with E-state index in [1.807, 2.05) is 6.92 Å². The van der Waals surface area contributed by atoms with E-state index in [-0.39, 0.29) is 6.10 Å². The highest BCUT2D eigenvalue weighted by Gasteiger charge is 2.29. The fourth-order valence-electron chi connectivity index (χ4n) is 4.64. The van der Waals surface area contributed by atoms with Crippen LogP contribution in [0.1, 0.15) is 49.0 Å². The Labute approximate surface area is 159 Å². The van der Waals surface area contributed by atoms with Crippen LogP contribution in [-0.2, 0) is 13.0 Å². The number of rotatable bonds is 3. The molecule has 27 heavy (non-hydrogen) atoms. The first kappa shape index (κ1) is 16.8. The zero-order valence-corrected chi connectivity index (χ0v) is 16.0. The van der Waals surface area contributed by atoms with Crippen molar-refractivity contribution in [2.45, 2.75) is 64.3 Å². The van der Waals surface area contributed by atoms with Gasteiger partial charge in [0.05, 0.1) is 5.69 Å². The maximum Gasteiger partial charge on any atom is 0.143 e. The summed E-state index contributed by atoms with van der Waals surface area (Å²) in [6.07, 6.45) is 8.41. The standard InChI is InChI=1S/C22H26N4O/c1-14-10-16-4-3-5-21(20(16)12-23-14)27-18-7-6-17(11-18)26-9-8-19-15(2)24-13-25-22(19)26/h3-5,8-9,13-14,17-18,23H,6-7,10-12H2,1-2H3. The van der Waals surface area contributed by atoms with Crippen molar-refractivity contribution >= 4 is 11.0 Å². The van der Waals surface area contributed by atoms with Crippen LogP contribution in [0.3, 0.4) is 0 Å². The third-order valence-electron chi connectivity index (χ3n) is 6.14. The minimum atomic E-state index is 0.265. The number of aryl methyl sites for hydroxylation is 1. The number of aromatic nitrogens is 3. The Morgan fingerprint density at radius 3 is 3.04 bits per heavy atom. The van der Waals surface area contributed by atoms with Crippen molar-refractivity contribution in [3.63, 3.8) is 0 Å². The summed E-state index contributed by atoms with van der Waals surface area (Å²) < 4.78 is 8.80. The van der Waals surface area contributed by atoms with Crippen molar-refractivity contribution in [1.82, 2.24) is 19.9 Å². The van der Waals surface area contributed by atoms with Crippen molar-refractivity contribution in [2.24, 2.45) is 0 Å². The van der Waals surface area contributed by atoms with Crippen LogP contribution >= 0.6 is 0 Å². The van der Waals surface area contributed by atoms with Crippen LogP contribution in [0.5, 0.6) is 5.75 Å². The maximum absolute atomic E-state index is 6.49. The minimum Gasteiger partial charge on any atom is -0.490 e. The van der Waals surface area contributed by atoms with Crippen molar-refractivity contribution in [3.8, 4) is 5.75 Å². The maximum atomic E-state index is 6.49. The molecule has 0 bridgehead atoms. The molecule has 1 N–H and O–H groups in total. The lowest BCUT2D eigenvalue weighted by atomic mass is 9.96. The molecule has 2 aliphatic rings. The summed E-state index contributed by atoms with van der Waals surface area (Å²) in [7, 11) is 0. The van der Waals surface area contributed by atoms with Crippen LogP contribution in [-0.4, -0.2) is 26.7 Å². The quantitative estimate of drug-likeness (QED) is 0.767. The van der Waals surface area contributed by atoms with Gasteiger partial charge in [-0.1, -0.05) is 12.1 Å². The van der Waals surface area contributed by atoms with Gasteiger partial charge < -0.3 is 14.6 Å². The summed E-state index contributed by atoms with van der Waals surface area (Å²) >= 11 is 0. The molecule has 1 aromatic carbocycles. The zero-order valence-electron chi connectivity index (χ0n) is 16.0. The second-order valence-corrected chi connectivity index (χ2v) is 8.01. The SMILES string of the molecule is Cc1ncnc2c1ccn2C1CCC(Oc2cccc3c2CNC(C)C3)C1. The van der Waals surface area contributed by atoms with E-state index in [9.17, 15) is 0 Å². The van der Waals surface area contributed by atoms with Crippen molar-refractivity contribution in [3.05, 3.63) is 53.6 Å². The molecule has 1 aliphatic carbocycles. The molecule has 5 heteroatoms. The van der Waals surface area contributed by atoms with Gasteiger partial charge in [0.2, 0.25) is 0 Å². The number of hydrogen-bond acceptors (Lipinski definition) is 4. The molecule has 0 spiro atoms. The van der Waals surface area contributed by atoms with Crippen LogP contribution in [0.4, 0.5) is 0 Å². The molecule has 1 aliphatic heterocycles. The van der Waals surface area contributed by atoms with Gasteiger partial charge in [0.25, 0.3) is 0 Å². The van der Waals surface area contributed by atoms with E-state index in [0.29, 0.717) is 12.1 Å². The second-order valence-electron chi connectivity index (χ2n) is 8.01. The highest BCUT2D eigenvalue weighted by atomic mass is 16.5. The fourth-order valence-corrected chi connectivity index (χ4v) is 4.64.